The molecule has 9 heteroatoms. The number of nitrogen functional groups attached to an aromatic ring is 1. The largest absolute Gasteiger partial charge is 0.369 e. The zero-order valence-electron chi connectivity index (χ0n) is 17.2. The van der Waals surface area contributed by atoms with Crippen LogP contribution in [0.3, 0.4) is 0 Å². The third kappa shape index (κ3) is 3.20. The molecular weight excluding hydrogens is 399 g/mol. The van der Waals surface area contributed by atoms with Gasteiger partial charge in [-0.25, -0.2) is 14.4 Å². The summed E-state index contributed by atoms with van der Waals surface area (Å²) in [5.74, 6) is 0.229. The molecule has 31 heavy (non-hydrogen) atoms. The van der Waals surface area contributed by atoms with Gasteiger partial charge in [0.1, 0.15) is 17.3 Å². The number of benzene rings is 1. The Bertz CT molecular complexity index is 1220. The zero-order chi connectivity index (χ0) is 21.8. The molecular formula is C22H23FN6O2. The minimum atomic E-state index is -0.322. The van der Waals surface area contributed by atoms with Crippen LogP contribution >= 0.6 is 0 Å². The Labute approximate surface area is 177 Å². The second-order valence-electron chi connectivity index (χ2n) is 8.42. The van der Waals surface area contributed by atoms with Crippen molar-refractivity contribution in [3.63, 3.8) is 0 Å². The van der Waals surface area contributed by atoms with Gasteiger partial charge < -0.3 is 15.6 Å². The fourth-order valence-electron chi connectivity index (χ4n) is 4.86. The van der Waals surface area contributed by atoms with E-state index in [1.165, 1.54) is 12.1 Å². The van der Waals surface area contributed by atoms with Gasteiger partial charge in [0.2, 0.25) is 5.95 Å². The number of hydrogen-bond donors (Lipinski definition) is 3. The SMILES string of the molecule is Cc1[nH]c(-c2ccc(F)cc2)nc1C(=O)N1CCC2(CCc3c2nc(N)[nH]c3=O)CC1. The van der Waals surface area contributed by atoms with E-state index in [0.717, 1.165) is 36.1 Å². The number of fused-ring (bicyclic) bond motifs is 2. The van der Waals surface area contributed by atoms with E-state index in [1.54, 1.807) is 17.0 Å². The highest BCUT2D eigenvalue weighted by Gasteiger charge is 2.44. The number of rotatable bonds is 2. The van der Waals surface area contributed by atoms with Crippen molar-refractivity contribution in [1.82, 2.24) is 24.8 Å². The number of aromatic nitrogens is 4. The minimum absolute atomic E-state index is 0.131. The van der Waals surface area contributed by atoms with Gasteiger partial charge in [-0.15, -0.1) is 0 Å². The smallest absolute Gasteiger partial charge is 0.274 e. The lowest BCUT2D eigenvalue weighted by molar-refractivity contribution is 0.0657. The first-order valence-electron chi connectivity index (χ1n) is 10.4. The van der Waals surface area contributed by atoms with E-state index < -0.39 is 0 Å². The first-order chi connectivity index (χ1) is 14.9. The van der Waals surface area contributed by atoms with Crippen LogP contribution in [0.2, 0.25) is 0 Å². The van der Waals surface area contributed by atoms with Gasteiger partial charge in [-0.05, 0) is 56.9 Å². The lowest BCUT2D eigenvalue weighted by Crippen LogP contribution is -2.45. The number of anilines is 1. The van der Waals surface area contributed by atoms with Crippen LogP contribution in [0.5, 0.6) is 0 Å². The molecule has 0 saturated carbocycles. The molecule has 1 aliphatic heterocycles. The van der Waals surface area contributed by atoms with E-state index in [0.29, 0.717) is 36.7 Å². The Kier molecular flexibility index (Phi) is 4.42. The Morgan fingerprint density at radius 1 is 1.13 bits per heavy atom. The maximum absolute atomic E-state index is 13.2. The van der Waals surface area contributed by atoms with Gasteiger partial charge in [0.15, 0.2) is 0 Å². The highest BCUT2D eigenvalue weighted by molar-refractivity contribution is 5.94. The molecule has 5 rings (SSSR count). The van der Waals surface area contributed by atoms with Crippen LogP contribution in [-0.4, -0.2) is 43.8 Å². The standard InChI is InChI=1S/C22H23FN6O2/c1-12-16(26-18(25-12)13-2-4-14(23)5-3-13)20(31)29-10-8-22(9-11-29)7-6-15-17(22)27-21(24)28-19(15)30/h2-5H,6-11H2,1H3,(H,25,26)(H3,24,27,28,30). The maximum atomic E-state index is 13.2. The molecule has 2 aromatic heterocycles. The second kappa shape index (κ2) is 7.04. The molecule has 8 nitrogen and oxygen atoms in total. The van der Waals surface area contributed by atoms with E-state index in [1.807, 2.05) is 6.92 Å². The number of aryl methyl sites for hydroxylation is 1. The average Bonchev–Trinajstić information content (AvgIpc) is 3.30. The quantitative estimate of drug-likeness (QED) is 0.585. The molecule has 2 aliphatic rings. The number of likely N-dealkylation sites (tertiary alicyclic amines) is 1. The summed E-state index contributed by atoms with van der Waals surface area (Å²) in [6.07, 6.45) is 3.00. The van der Waals surface area contributed by atoms with Crippen LogP contribution in [0.4, 0.5) is 10.3 Å². The fraction of sp³-hybridized carbons (Fsp3) is 0.364. The van der Waals surface area contributed by atoms with Crippen molar-refractivity contribution in [2.75, 3.05) is 18.8 Å². The third-order valence-corrected chi connectivity index (χ3v) is 6.60. The topological polar surface area (TPSA) is 121 Å². The van der Waals surface area contributed by atoms with Gasteiger partial charge in [0.25, 0.3) is 11.5 Å². The number of nitrogens with zero attached hydrogens (tertiary/aromatic N) is 3. The lowest BCUT2D eigenvalue weighted by Gasteiger charge is -2.39. The molecule has 1 aromatic carbocycles. The Balaban J connectivity index is 1.35. The van der Waals surface area contributed by atoms with E-state index >= 15 is 0 Å². The number of hydrogen-bond acceptors (Lipinski definition) is 5. The Hall–Kier alpha value is -3.49. The molecule has 0 radical (unpaired) electrons. The van der Waals surface area contributed by atoms with E-state index in [-0.39, 0.29) is 28.6 Å². The lowest BCUT2D eigenvalue weighted by atomic mass is 9.76. The molecule has 1 aliphatic carbocycles. The normalized spacial score (nSPS) is 17.2. The van der Waals surface area contributed by atoms with Crippen molar-refractivity contribution in [1.29, 1.82) is 0 Å². The third-order valence-electron chi connectivity index (χ3n) is 6.60. The molecule has 3 aromatic rings. The van der Waals surface area contributed by atoms with Crippen molar-refractivity contribution < 1.29 is 9.18 Å². The number of carbonyl (C=O) groups is 1. The molecule has 1 saturated heterocycles. The fourth-order valence-corrected chi connectivity index (χ4v) is 4.86. The summed E-state index contributed by atoms with van der Waals surface area (Å²) in [4.78, 5) is 41.8. The monoisotopic (exact) mass is 422 g/mol. The Morgan fingerprint density at radius 3 is 2.55 bits per heavy atom. The van der Waals surface area contributed by atoms with Crippen LogP contribution in [0.1, 0.15) is 46.7 Å². The number of H-pyrrole nitrogens is 2. The van der Waals surface area contributed by atoms with Crippen LogP contribution < -0.4 is 11.3 Å². The number of halogens is 1. The number of imidazole rings is 1. The van der Waals surface area contributed by atoms with Crippen molar-refractivity contribution in [2.45, 2.75) is 38.0 Å². The summed E-state index contributed by atoms with van der Waals surface area (Å²) < 4.78 is 13.2. The summed E-state index contributed by atoms with van der Waals surface area (Å²) in [5.41, 5.74) is 8.73. The van der Waals surface area contributed by atoms with Crippen LogP contribution in [0, 0.1) is 12.7 Å². The highest BCUT2D eigenvalue weighted by atomic mass is 19.1. The number of piperidine rings is 1. The molecule has 0 atom stereocenters. The first-order valence-corrected chi connectivity index (χ1v) is 10.4. The second-order valence-corrected chi connectivity index (χ2v) is 8.42. The molecule has 1 amide bonds. The summed E-state index contributed by atoms with van der Waals surface area (Å²) in [6.45, 7) is 2.93. The van der Waals surface area contributed by atoms with Gasteiger partial charge in [0, 0.05) is 35.3 Å². The number of aromatic amines is 2. The van der Waals surface area contributed by atoms with Gasteiger partial charge >= 0.3 is 0 Å². The van der Waals surface area contributed by atoms with Gasteiger partial charge in [0.05, 0.1) is 5.69 Å². The predicted molar refractivity (Wildman–Crippen MR) is 113 cm³/mol. The molecule has 0 bridgehead atoms. The molecule has 1 fully saturated rings. The van der Waals surface area contributed by atoms with E-state index in [4.69, 9.17) is 5.73 Å². The summed E-state index contributed by atoms with van der Waals surface area (Å²) in [5, 5.41) is 0. The summed E-state index contributed by atoms with van der Waals surface area (Å²) in [7, 11) is 0. The number of nitrogens with one attached hydrogen (secondary N) is 2. The minimum Gasteiger partial charge on any atom is -0.369 e. The summed E-state index contributed by atoms with van der Waals surface area (Å²) in [6, 6.07) is 5.99. The van der Waals surface area contributed by atoms with E-state index in [2.05, 4.69) is 19.9 Å². The van der Waals surface area contributed by atoms with Crippen molar-refractivity contribution in [3.05, 3.63) is 63.1 Å². The van der Waals surface area contributed by atoms with Crippen LogP contribution in [0.25, 0.3) is 11.4 Å². The molecule has 3 heterocycles. The van der Waals surface area contributed by atoms with Crippen molar-refractivity contribution in [2.24, 2.45) is 0 Å². The predicted octanol–water partition coefficient (Wildman–Crippen LogP) is 2.31. The van der Waals surface area contributed by atoms with Gasteiger partial charge in [-0.3, -0.25) is 14.6 Å². The summed E-state index contributed by atoms with van der Waals surface area (Å²) >= 11 is 0. The number of carbonyl (C=O) groups excluding carboxylic acids is 1. The molecule has 160 valence electrons. The van der Waals surface area contributed by atoms with Gasteiger partial charge in [-0.2, -0.15) is 0 Å². The number of amides is 1. The zero-order valence-corrected chi connectivity index (χ0v) is 17.2. The molecule has 4 N–H and O–H groups in total. The van der Waals surface area contributed by atoms with Gasteiger partial charge in [-0.1, -0.05) is 0 Å². The first kappa shape index (κ1) is 19.5. The Morgan fingerprint density at radius 2 is 1.84 bits per heavy atom. The average molecular weight is 422 g/mol. The van der Waals surface area contributed by atoms with Crippen molar-refractivity contribution >= 4 is 11.9 Å². The van der Waals surface area contributed by atoms with Crippen LogP contribution in [-0.2, 0) is 11.8 Å². The molecule has 0 unspecified atom stereocenters. The van der Waals surface area contributed by atoms with Crippen molar-refractivity contribution in [3.8, 4) is 11.4 Å². The molecule has 1 spiro atoms. The van der Waals surface area contributed by atoms with E-state index in [9.17, 15) is 14.0 Å². The number of nitrogens with two attached hydrogens (primary N) is 1. The highest BCUT2D eigenvalue weighted by Crippen LogP contribution is 2.44. The maximum Gasteiger partial charge on any atom is 0.274 e. The van der Waals surface area contributed by atoms with Crippen LogP contribution in [0.15, 0.2) is 29.1 Å².